The summed E-state index contributed by atoms with van der Waals surface area (Å²) in [5, 5.41) is 0. The molecule has 2 atom stereocenters. The maximum absolute atomic E-state index is 4.32. The molecule has 0 N–H and O–H groups in total. The molecular formula is C12H17N. The van der Waals surface area contributed by atoms with Gasteiger partial charge in [-0.15, -0.1) is 0 Å². The van der Waals surface area contributed by atoms with E-state index in [0.29, 0.717) is 11.8 Å². The summed E-state index contributed by atoms with van der Waals surface area (Å²) in [6.45, 7) is 10.2. The van der Waals surface area contributed by atoms with Gasteiger partial charge in [0.25, 0.3) is 0 Å². The molecular weight excluding hydrogens is 158 g/mol. The van der Waals surface area contributed by atoms with Crippen LogP contribution in [-0.4, -0.2) is 6.21 Å². The van der Waals surface area contributed by atoms with E-state index in [-0.39, 0.29) is 0 Å². The van der Waals surface area contributed by atoms with Crippen molar-refractivity contribution in [1.29, 1.82) is 0 Å². The molecule has 0 spiro atoms. The number of allylic oxidation sites excluding steroid dienone is 4. The molecule has 1 aliphatic carbocycles. The Morgan fingerprint density at radius 1 is 1.31 bits per heavy atom. The SMILES string of the molecule is C=CC=NC1=CC(C)C(C)C=C1C. The molecule has 2 unspecified atom stereocenters. The molecule has 0 saturated heterocycles. The van der Waals surface area contributed by atoms with E-state index >= 15 is 0 Å². The lowest BCUT2D eigenvalue weighted by Gasteiger charge is -2.20. The second-order valence-corrected chi connectivity index (χ2v) is 3.63. The minimum atomic E-state index is 0.584. The molecule has 0 aliphatic heterocycles. The van der Waals surface area contributed by atoms with Crippen LogP contribution in [0.25, 0.3) is 0 Å². The predicted octanol–water partition coefficient (Wildman–Crippen LogP) is 3.36. The van der Waals surface area contributed by atoms with Gasteiger partial charge in [-0.05, 0) is 24.3 Å². The van der Waals surface area contributed by atoms with E-state index in [1.54, 1.807) is 12.3 Å². The molecule has 0 saturated carbocycles. The number of rotatable bonds is 2. The van der Waals surface area contributed by atoms with Crippen LogP contribution in [0.15, 0.2) is 41.1 Å². The third kappa shape index (κ3) is 2.41. The van der Waals surface area contributed by atoms with E-state index < -0.39 is 0 Å². The summed E-state index contributed by atoms with van der Waals surface area (Å²) in [6.07, 6.45) is 7.95. The summed E-state index contributed by atoms with van der Waals surface area (Å²) in [4.78, 5) is 4.32. The molecule has 0 fully saturated rings. The Morgan fingerprint density at radius 2 is 1.92 bits per heavy atom. The first-order valence-electron chi connectivity index (χ1n) is 4.71. The average molecular weight is 175 g/mol. The highest BCUT2D eigenvalue weighted by Crippen LogP contribution is 2.27. The lowest BCUT2D eigenvalue weighted by Crippen LogP contribution is -2.08. The van der Waals surface area contributed by atoms with Crippen LogP contribution in [0.2, 0.25) is 0 Å². The summed E-state index contributed by atoms with van der Waals surface area (Å²) < 4.78 is 0. The van der Waals surface area contributed by atoms with Gasteiger partial charge in [0.2, 0.25) is 0 Å². The lowest BCUT2D eigenvalue weighted by molar-refractivity contribution is 0.543. The molecule has 0 radical (unpaired) electrons. The van der Waals surface area contributed by atoms with Crippen molar-refractivity contribution in [2.75, 3.05) is 0 Å². The van der Waals surface area contributed by atoms with Gasteiger partial charge < -0.3 is 0 Å². The first-order valence-corrected chi connectivity index (χ1v) is 4.71. The Balaban J connectivity index is 2.86. The van der Waals surface area contributed by atoms with E-state index in [1.165, 1.54) is 5.57 Å². The number of nitrogens with zero attached hydrogens (tertiary/aromatic N) is 1. The van der Waals surface area contributed by atoms with Crippen LogP contribution in [0.3, 0.4) is 0 Å². The van der Waals surface area contributed by atoms with Crippen LogP contribution in [0.1, 0.15) is 20.8 Å². The highest BCUT2D eigenvalue weighted by atomic mass is 14.7. The van der Waals surface area contributed by atoms with Gasteiger partial charge >= 0.3 is 0 Å². The quantitative estimate of drug-likeness (QED) is 0.571. The van der Waals surface area contributed by atoms with E-state index in [0.717, 1.165) is 5.70 Å². The second kappa shape index (κ2) is 4.22. The van der Waals surface area contributed by atoms with Crippen molar-refractivity contribution in [3.63, 3.8) is 0 Å². The van der Waals surface area contributed by atoms with Gasteiger partial charge in [-0.25, -0.2) is 0 Å². The molecule has 70 valence electrons. The van der Waals surface area contributed by atoms with Gasteiger partial charge in [-0.3, -0.25) is 4.99 Å². The molecule has 0 bridgehead atoms. The van der Waals surface area contributed by atoms with Crippen LogP contribution in [0, 0.1) is 11.8 Å². The highest BCUT2D eigenvalue weighted by Gasteiger charge is 2.14. The van der Waals surface area contributed by atoms with Crippen molar-refractivity contribution in [3.8, 4) is 0 Å². The summed E-state index contributed by atoms with van der Waals surface area (Å²) >= 11 is 0. The molecule has 13 heavy (non-hydrogen) atoms. The van der Waals surface area contributed by atoms with E-state index in [9.17, 15) is 0 Å². The summed E-state index contributed by atoms with van der Waals surface area (Å²) in [5.41, 5.74) is 2.36. The van der Waals surface area contributed by atoms with Crippen molar-refractivity contribution in [2.24, 2.45) is 16.8 Å². The van der Waals surface area contributed by atoms with Crippen molar-refractivity contribution < 1.29 is 0 Å². The normalized spacial score (nSPS) is 28.5. The summed E-state index contributed by atoms with van der Waals surface area (Å²) in [7, 11) is 0. The van der Waals surface area contributed by atoms with E-state index in [1.807, 2.05) is 0 Å². The minimum absolute atomic E-state index is 0.584. The molecule has 0 aromatic carbocycles. The molecule has 0 heterocycles. The molecule has 1 heteroatoms. The van der Waals surface area contributed by atoms with Crippen LogP contribution in [0.5, 0.6) is 0 Å². The maximum Gasteiger partial charge on any atom is 0.0618 e. The Morgan fingerprint density at radius 3 is 2.54 bits per heavy atom. The third-order valence-corrected chi connectivity index (χ3v) is 2.49. The van der Waals surface area contributed by atoms with Gasteiger partial charge in [0.15, 0.2) is 0 Å². The van der Waals surface area contributed by atoms with Gasteiger partial charge in [0, 0.05) is 6.21 Å². The molecule has 0 amide bonds. The third-order valence-electron chi connectivity index (χ3n) is 2.49. The van der Waals surface area contributed by atoms with Gasteiger partial charge in [-0.1, -0.05) is 38.7 Å². The molecule has 0 aromatic rings. The van der Waals surface area contributed by atoms with Crippen molar-refractivity contribution in [1.82, 2.24) is 0 Å². The predicted molar refractivity (Wildman–Crippen MR) is 58.9 cm³/mol. The second-order valence-electron chi connectivity index (χ2n) is 3.63. The molecule has 1 nitrogen and oxygen atoms in total. The van der Waals surface area contributed by atoms with Crippen LogP contribution >= 0.6 is 0 Å². The van der Waals surface area contributed by atoms with Crippen LogP contribution in [0.4, 0.5) is 0 Å². The van der Waals surface area contributed by atoms with Crippen molar-refractivity contribution >= 4 is 6.21 Å². The van der Waals surface area contributed by atoms with Crippen molar-refractivity contribution in [2.45, 2.75) is 20.8 Å². The first kappa shape index (κ1) is 9.97. The average Bonchev–Trinajstić information content (AvgIpc) is 2.09. The summed E-state index contributed by atoms with van der Waals surface area (Å²) in [5.74, 6) is 1.21. The molecule has 1 rings (SSSR count). The van der Waals surface area contributed by atoms with Gasteiger partial charge in [0.05, 0.1) is 5.70 Å². The standard InChI is InChI=1S/C12H17N/c1-5-6-13-12-8-10(3)9(2)7-11(12)4/h5-10H,1H2,2-4H3. The topological polar surface area (TPSA) is 12.4 Å². The smallest absolute Gasteiger partial charge is 0.0618 e. The highest BCUT2D eigenvalue weighted by molar-refractivity contribution is 5.72. The number of hydrogen-bond donors (Lipinski definition) is 0. The van der Waals surface area contributed by atoms with Gasteiger partial charge in [0.1, 0.15) is 0 Å². The molecule has 1 aliphatic rings. The zero-order chi connectivity index (χ0) is 9.84. The fourth-order valence-corrected chi connectivity index (χ4v) is 1.44. The maximum atomic E-state index is 4.32. The van der Waals surface area contributed by atoms with E-state index in [4.69, 9.17) is 0 Å². The number of hydrogen-bond acceptors (Lipinski definition) is 1. The van der Waals surface area contributed by atoms with E-state index in [2.05, 4.69) is 44.5 Å². The fraction of sp³-hybridized carbons (Fsp3) is 0.417. The Hall–Kier alpha value is -1.11. The Labute approximate surface area is 80.6 Å². The monoisotopic (exact) mass is 175 g/mol. The summed E-state index contributed by atoms with van der Waals surface area (Å²) in [6, 6.07) is 0. The largest absolute Gasteiger partial charge is 0.257 e. The van der Waals surface area contributed by atoms with Crippen molar-refractivity contribution in [3.05, 3.63) is 36.1 Å². The number of aliphatic imine (C=N–C) groups is 1. The van der Waals surface area contributed by atoms with Gasteiger partial charge in [-0.2, -0.15) is 0 Å². The minimum Gasteiger partial charge on any atom is -0.257 e. The zero-order valence-corrected chi connectivity index (χ0v) is 8.62. The van der Waals surface area contributed by atoms with Crippen LogP contribution in [-0.2, 0) is 0 Å². The Bertz CT molecular complexity index is 281. The fourth-order valence-electron chi connectivity index (χ4n) is 1.44. The zero-order valence-electron chi connectivity index (χ0n) is 8.62. The lowest BCUT2D eigenvalue weighted by atomic mass is 9.87. The van der Waals surface area contributed by atoms with Crippen LogP contribution < -0.4 is 0 Å². The Kier molecular flexibility index (Phi) is 3.24. The first-order chi connectivity index (χ1) is 6.15. The molecule has 0 aromatic heterocycles.